The Kier molecular flexibility index (Phi) is 6.82. The number of aromatic nitrogens is 2. The first-order chi connectivity index (χ1) is 16.8. The maximum atomic E-state index is 9.06. The van der Waals surface area contributed by atoms with Crippen LogP contribution in [0.25, 0.3) is 44.5 Å². The number of furan rings is 1. The van der Waals surface area contributed by atoms with E-state index in [1.54, 1.807) is 18.5 Å². The molecule has 0 bridgehead atoms. The Labute approximate surface area is 212 Å². The average molecular weight is 617 g/mol. The molecule has 0 aliphatic carbocycles. The zero-order valence-corrected chi connectivity index (χ0v) is 20.2. The fourth-order valence-corrected chi connectivity index (χ4v) is 3.51. The van der Waals surface area contributed by atoms with Gasteiger partial charge in [-0.3, -0.25) is 0 Å². The summed E-state index contributed by atoms with van der Waals surface area (Å²) in [4.78, 5) is 8.55. The maximum Gasteiger partial charge on any atom is 0.122 e. The summed E-state index contributed by atoms with van der Waals surface area (Å²) in [5.41, 5.74) is 4.89. The van der Waals surface area contributed by atoms with Crippen LogP contribution in [0.1, 0.15) is 6.93 Å². The average Bonchev–Trinajstić information content (AvgIpc) is 3.31. The molecular weight excluding hydrogens is 599 g/mol. The summed E-state index contributed by atoms with van der Waals surface area (Å²) in [7, 11) is 0. The minimum Gasteiger partial charge on any atom is -0.501 e. The summed E-state index contributed by atoms with van der Waals surface area (Å²) in [6.07, 6.45) is 3.50. The van der Waals surface area contributed by atoms with E-state index in [1.165, 1.54) is 0 Å². The van der Waals surface area contributed by atoms with Gasteiger partial charge in [-0.2, -0.15) is 5.26 Å². The van der Waals surface area contributed by atoms with Crippen LogP contribution < -0.4 is 0 Å². The summed E-state index contributed by atoms with van der Waals surface area (Å²) in [5, 5.41) is 10.8. The largest absolute Gasteiger partial charge is 0.501 e. The second kappa shape index (κ2) is 10.7. The molecule has 0 aliphatic rings. The molecule has 3 aromatic heterocycles. The van der Waals surface area contributed by atoms with Crippen LogP contribution in [0.5, 0.6) is 0 Å². The normalized spacial score (nSPS) is 10.5. The quantitative estimate of drug-likeness (QED) is 0.199. The van der Waals surface area contributed by atoms with Crippen molar-refractivity contribution in [3.05, 3.63) is 121 Å². The van der Waals surface area contributed by atoms with Gasteiger partial charge in [0.15, 0.2) is 0 Å². The van der Waals surface area contributed by atoms with Crippen LogP contribution in [-0.4, -0.2) is 9.97 Å². The molecule has 0 atom stereocenters. The van der Waals surface area contributed by atoms with Gasteiger partial charge in [-0.25, -0.2) is 0 Å². The summed E-state index contributed by atoms with van der Waals surface area (Å²) in [5.74, 6) is 0. The van der Waals surface area contributed by atoms with Gasteiger partial charge in [0.05, 0.1) is 18.6 Å². The van der Waals surface area contributed by atoms with E-state index in [2.05, 4.69) is 22.1 Å². The SMILES string of the molecule is [2H]c1c(C#N)ccc2c1oc1c(-c3ccccn3)[c-]ccc12.[Ir].[c-]1ccccc1-c1ccccn1. The molecule has 6 aromatic rings. The van der Waals surface area contributed by atoms with Crippen molar-refractivity contribution in [2.24, 2.45) is 0 Å². The van der Waals surface area contributed by atoms with Crippen LogP contribution in [0.2, 0.25) is 0 Å². The van der Waals surface area contributed by atoms with Gasteiger partial charge in [0, 0.05) is 37.9 Å². The number of benzene rings is 3. The van der Waals surface area contributed by atoms with Crippen molar-refractivity contribution in [1.29, 1.82) is 5.26 Å². The first kappa shape index (κ1) is 21.7. The number of hydrogen-bond acceptors (Lipinski definition) is 4. The van der Waals surface area contributed by atoms with E-state index in [-0.39, 0.29) is 26.1 Å². The van der Waals surface area contributed by atoms with E-state index in [0.717, 1.165) is 33.3 Å². The number of nitrogens with zero attached hydrogens (tertiary/aromatic N) is 3. The summed E-state index contributed by atoms with van der Waals surface area (Å²) < 4.78 is 14.0. The Morgan fingerprint density at radius 3 is 2.24 bits per heavy atom. The van der Waals surface area contributed by atoms with E-state index in [4.69, 9.17) is 11.0 Å². The number of fused-ring (bicyclic) bond motifs is 3. The topological polar surface area (TPSA) is 62.7 Å². The number of pyridine rings is 2. The molecule has 0 saturated heterocycles. The molecule has 0 aliphatic heterocycles. The zero-order chi connectivity index (χ0) is 23.3. The van der Waals surface area contributed by atoms with E-state index in [9.17, 15) is 0 Å². The Morgan fingerprint density at radius 2 is 1.56 bits per heavy atom. The maximum absolute atomic E-state index is 9.06. The molecule has 1 radical (unpaired) electrons. The van der Waals surface area contributed by atoms with E-state index in [1.807, 2.05) is 84.9 Å². The van der Waals surface area contributed by atoms with Gasteiger partial charge in [-0.15, -0.1) is 54.1 Å². The summed E-state index contributed by atoms with van der Waals surface area (Å²) in [6, 6.07) is 34.9. The Bertz CT molecular complexity index is 1580. The predicted octanol–water partition coefficient (Wildman–Crippen LogP) is 6.87. The standard InChI is InChI=1S/C18H9N2O.C11H8N.Ir/c19-11-12-7-8-13-14-4-3-5-15(16-6-1-2-9-20-16)18(14)21-17(13)10-12;1-2-6-10(7-3-1)11-8-4-5-9-12-11;/h1-4,6-10H;1-6,8-9H;/q2*-1;/i10D;;. The van der Waals surface area contributed by atoms with Crippen molar-refractivity contribution in [1.82, 2.24) is 9.97 Å². The second-order valence-corrected chi connectivity index (χ2v) is 7.13. The van der Waals surface area contributed by atoms with Crippen molar-refractivity contribution < 1.29 is 25.9 Å². The fraction of sp³-hybridized carbons (Fsp3) is 0. The molecular formula is C29H17IrN3O-2. The number of nitriles is 1. The molecule has 0 N–H and O–H groups in total. The molecule has 3 heterocycles. The third kappa shape index (κ3) is 4.79. The molecule has 3 aromatic carbocycles. The summed E-state index contributed by atoms with van der Waals surface area (Å²) >= 11 is 0. The van der Waals surface area contributed by atoms with Gasteiger partial charge in [-0.1, -0.05) is 41.3 Å². The summed E-state index contributed by atoms with van der Waals surface area (Å²) in [6.45, 7) is 0. The molecule has 0 spiro atoms. The van der Waals surface area contributed by atoms with Crippen molar-refractivity contribution in [2.75, 3.05) is 0 Å². The molecule has 0 fully saturated rings. The van der Waals surface area contributed by atoms with E-state index < -0.39 is 0 Å². The van der Waals surface area contributed by atoms with Gasteiger partial charge < -0.3 is 14.4 Å². The molecule has 0 unspecified atom stereocenters. The van der Waals surface area contributed by atoms with Gasteiger partial charge >= 0.3 is 0 Å². The molecule has 165 valence electrons. The Morgan fingerprint density at radius 1 is 0.794 bits per heavy atom. The third-order valence-electron chi connectivity index (χ3n) is 5.04. The molecule has 5 heteroatoms. The van der Waals surface area contributed by atoms with Crippen LogP contribution in [0.4, 0.5) is 0 Å². The van der Waals surface area contributed by atoms with Crippen LogP contribution in [0.3, 0.4) is 0 Å². The van der Waals surface area contributed by atoms with Crippen LogP contribution in [0, 0.1) is 23.5 Å². The molecule has 34 heavy (non-hydrogen) atoms. The molecule has 4 nitrogen and oxygen atoms in total. The van der Waals surface area contributed by atoms with E-state index >= 15 is 0 Å². The monoisotopic (exact) mass is 617 g/mol. The van der Waals surface area contributed by atoms with Gasteiger partial charge in [0.1, 0.15) is 5.58 Å². The van der Waals surface area contributed by atoms with Crippen molar-refractivity contribution >= 4 is 21.9 Å². The fourth-order valence-electron chi connectivity index (χ4n) is 3.51. The first-order valence-corrected chi connectivity index (χ1v) is 10.3. The van der Waals surface area contributed by atoms with E-state index in [0.29, 0.717) is 16.7 Å². The molecule has 0 saturated carbocycles. The van der Waals surface area contributed by atoms with Crippen LogP contribution >= 0.6 is 0 Å². The van der Waals surface area contributed by atoms with Crippen molar-refractivity contribution in [2.45, 2.75) is 0 Å². The number of hydrogen-bond donors (Lipinski definition) is 0. The van der Waals surface area contributed by atoms with Crippen molar-refractivity contribution in [3.8, 4) is 28.6 Å². The van der Waals surface area contributed by atoms with Crippen LogP contribution in [0.15, 0.2) is 108 Å². The zero-order valence-electron chi connectivity index (χ0n) is 18.8. The third-order valence-corrected chi connectivity index (χ3v) is 5.04. The number of rotatable bonds is 2. The van der Waals surface area contributed by atoms with Gasteiger partial charge in [0.25, 0.3) is 0 Å². The van der Waals surface area contributed by atoms with Crippen molar-refractivity contribution in [3.63, 3.8) is 0 Å². The first-order valence-electron chi connectivity index (χ1n) is 10.8. The molecule has 0 amide bonds. The second-order valence-electron chi connectivity index (χ2n) is 7.13. The Hall–Kier alpha value is -4.10. The minimum absolute atomic E-state index is 0. The van der Waals surface area contributed by atoms with Gasteiger partial charge in [-0.05, 0) is 35.6 Å². The predicted molar refractivity (Wildman–Crippen MR) is 129 cm³/mol. The Balaban J connectivity index is 0.000000189. The van der Waals surface area contributed by atoms with Crippen LogP contribution in [-0.2, 0) is 20.1 Å². The smallest absolute Gasteiger partial charge is 0.122 e. The minimum atomic E-state index is 0. The van der Waals surface area contributed by atoms with Gasteiger partial charge in [0.2, 0.25) is 0 Å². The molecule has 6 rings (SSSR count).